The van der Waals surface area contributed by atoms with Gasteiger partial charge in [0.1, 0.15) is 5.51 Å². The van der Waals surface area contributed by atoms with Crippen molar-refractivity contribution in [1.29, 1.82) is 0 Å². The number of aromatic nitrogens is 2. The van der Waals surface area contributed by atoms with Crippen LogP contribution >= 0.6 is 23.1 Å². The molecule has 0 fully saturated rings. The highest BCUT2D eigenvalue weighted by Gasteiger charge is 2.17. The molecule has 1 aromatic carbocycles. The van der Waals surface area contributed by atoms with Crippen LogP contribution < -0.4 is 5.32 Å². The van der Waals surface area contributed by atoms with Crippen molar-refractivity contribution in [1.82, 2.24) is 10.2 Å². The zero-order chi connectivity index (χ0) is 14.5. The summed E-state index contributed by atoms with van der Waals surface area (Å²) < 4.78 is 0.778. The third-order valence-electron chi connectivity index (χ3n) is 2.48. The second-order valence-electron chi connectivity index (χ2n) is 4.09. The molecule has 0 aliphatic rings. The number of Topliss-reactive ketones (excluding diaryl/α,β-unsaturated/α-hetero) is 1. The van der Waals surface area contributed by atoms with E-state index in [0.717, 1.165) is 4.34 Å². The van der Waals surface area contributed by atoms with Gasteiger partial charge in [-0.05, 0) is 31.2 Å². The predicted octanol–water partition coefficient (Wildman–Crippen LogP) is 2.86. The van der Waals surface area contributed by atoms with Crippen LogP contribution in [0.1, 0.15) is 24.2 Å². The monoisotopic (exact) mass is 307 g/mol. The first-order chi connectivity index (χ1) is 9.56. The largest absolute Gasteiger partial charge is 0.326 e. The second kappa shape index (κ2) is 6.62. The molecule has 5 nitrogen and oxygen atoms in total. The Morgan fingerprint density at radius 1 is 1.30 bits per heavy atom. The summed E-state index contributed by atoms with van der Waals surface area (Å²) in [5, 5.41) is 10.1. The minimum absolute atomic E-state index is 0.0274. The highest BCUT2D eigenvalue weighted by atomic mass is 32.2. The van der Waals surface area contributed by atoms with Crippen molar-refractivity contribution in [3.8, 4) is 0 Å². The summed E-state index contributed by atoms with van der Waals surface area (Å²) in [6, 6.07) is 6.86. The van der Waals surface area contributed by atoms with Crippen LogP contribution in [0.4, 0.5) is 5.69 Å². The van der Waals surface area contributed by atoms with Gasteiger partial charge in [-0.3, -0.25) is 9.59 Å². The number of nitrogens with zero attached hydrogens (tertiary/aromatic N) is 2. The number of thioether (sulfide) groups is 1. The molecular weight excluding hydrogens is 294 g/mol. The molecule has 0 aliphatic carbocycles. The van der Waals surface area contributed by atoms with E-state index in [4.69, 9.17) is 0 Å². The molecule has 1 aromatic heterocycles. The first-order valence-electron chi connectivity index (χ1n) is 5.91. The molecule has 20 heavy (non-hydrogen) atoms. The van der Waals surface area contributed by atoms with E-state index < -0.39 is 0 Å². The number of amides is 1. The number of nitrogens with one attached hydrogen (secondary N) is 1. The lowest BCUT2D eigenvalue weighted by Gasteiger charge is -2.09. The van der Waals surface area contributed by atoms with Crippen LogP contribution in [0, 0.1) is 0 Å². The molecule has 0 spiro atoms. The van der Waals surface area contributed by atoms with E-state index in [-0.39, 0.29) is 16.9 Å². The number of benzene rings is 1. The number of ketones is 1. The molecule has 0 saturated carbocycles. The second-order valence-corrected chi connectivity index (χ2v) is 6.51. The molecule has 0 bridgehead atoms. The van der Waals surface area contributed by atoms with Gasteiger partial charge in [0.05, 0.1) is 5.25 Å². The van der Waals surface area contributed by atoms with E-state index in [1.165, 1.54) is 30.0 Å². The van der Waals surface area contributed by atoms with Crippen LogP contribution in [0.2, 0.25) is 0 Å². The first-order valence-corrected chi connectivity index (χ1v) is 7.67. The summed E-state index contributed by atoms with van der Waals surface area (Å²) in [5.74, 6) is -0.108. The molecule has 104 valence electrons. The van der Waals surface area contributed by atoms with Crippen LogP contribution in [-0.4, -0.2) is 27.1 Å². The summed E-state index contributed by atoms with van der Waals surface area (Å²) in [6.07, 6.45) is 0. The molecule has 1 atom stereocenters. The smallest absolute Gasteiger partial charge is 0.221 e. The van der Waals surface area contributed by atoms with Crippen molar-refractivity contribution in [3.05, 3.63) is 35.3 Å². The molecule has 0 saturated heterocycles. The van der Waals surface area contributed by atoms with Crippen molar-refractivity contribution in [3.63, 3.8) is 0 Å². The minimum atomic E-state index is -0.227. The highest BCUT2D eigenvalue weighted by Crippen LogP contribution is 2.26. The number of anilines is 1. The van der Waals surface area contributed by atoms with Crippen molar-refractivity contribution >= 4 is 40.5 Å². The molecular formula is C13H13N3O2S2. The molecule has 1 amide bonds. The Labute approximate surface area is 124 Å². The quantitative estimate of drug-likeness (QED) is 0.679. The zero-order valence-corrected chi connectivity index (χ0v) is 12.6. The summed E-state index contributed by atoms with van der Waals surface area (Å²) in [4.78, 5) is 23.2. The molecule has 2 rings (SSSR count). The van der Waals surface area contributed by atoms with Gasteiger partial charge in [-0.1, -0.05) is 23.1 Å². The van der Waals surface area contributed by atoms with Gasteiger partial charge in [0.2, 0.25) is 5.91 Å². The van der Waals surface area contributed by atoms with E-state index in [0.29, 0.717) is 11.3 Å². The standard InChI is InChI=1S/C13H13N3O2S2/c1-8(20-13-16-14-7-19-13)12(18)10-3-5-11(6-4-10)15-9(2)17/h3-8H,1-2H3,(H,15,17)/t8-/m1/s1. The van der Waals surface area contributed by atoms with E-state index >= 15 is 0 Å². The third-order valence-corrected chi connectivity index (χ3v) is 4.39. The van der Waals surface area contributed by atoms with Crippen LogP contribution in [0.5, 0.6) is 0 Å². The summed E-state index contributed by atoms with van der Waals surface area (Å²) >= 11 is 2.81. The molecule has 0 unspecified atom stereocenters. The maximum atomic E-state index is 12.3. The maximum Gasteiger partial charge on any atom is 0.221 e. The first kappa shape index (κ1) is 14.7. The van der Waals surface area contributed by atoms with Crippen molar-refractivity contribution in [2.24, 2.45) is 0 Å². The van der Waals surface area contributed by atoms with Crippen LogP contribution in [0.3, 0.4) is 0 Å². The molecule has 7 heteroatoms. The fourth-order valence-corrected chi connectivity index (χ4v) is 3.28. The Kier molecular flexibility index (Phi) is 4.86. The number of rotatable bonds is 5. The molecule has 2 aromatic rings. The van der Waals surface area contributed by atoms with Gasteiger partial charge in [0.25, 0.3) is 0 Å². The zero-order valence-electron chi connectivity index (χ0n) is 11.0. The van der Waals surface area contributed by atoms with E-state index in [2.05, 4.69) is 15.5 Å². The average molecular weight is 307 g/mol. The molecule has 1 N–H and O–H groups in total. The Balaban J connectivity index is 2.03. The van der Waals surface area contributed by atoms with E-state index in [9.17, 15) is 9.59 Å². The SMILES string of the molecule is CC(=O)Nc1ccc(C(=O)[C@@H](C)Sc2nncs2)cc1. The fraction of sp³-hybridized carbons (Fsp3) is 0.231. The van der Waals surface area contributed by atoms with Crippen molar-refractivity contribution in [2.75, 3.05) is 5.32 Å². The number of hydrogen-bond acceptors (Lipinski definition) is 6. The third kappa shape index (κ3) is 3.88. The van der Waals surface area contributed by atoms with Crippen molar-refractivity contribution < 1.29 is 9.59 Å². The Bertz CT molecular complexity index is 597. The van der Waals surface area contributed by atoms with Gasteiger partial charge in [0.15, 0.2) is 10.1 Å². The van der Waals surface area contributed by atoms with Gasteiger partial charge < -0.3 is 5.32 Å². The lowest BCUT2D eigenvalue weighted by Crippen LogP contribution is -2.13. The summed E-state index contributed by atoms with van der Waals surface area (Å²) in [7, 11) is 0. The average Bonchev–Trinajstić information content (AvgIpc) is 2.91. The summed E-state index contributed by atoms with van der Waals surface area (Å²) in [6.45, 7) is 3.29. The number of hydrogen-bond donors (Lipinski definition) is 1. The van der Waals surface area contributed by atoms with E-state index in [1.54, 1.807) is 29.8 Å². The van der Waals surface area contributed by atoms with Gasteiger partial charge in [-0.15, -0.1) is 10.2 Å². The van der Waals surface area contributed by atoms with Gasteiger partial charge >= 0.3 is 0 Å². The molecule has 1 heterocycles. The minimum Gasteiger partial charge on any atom is -0.326 e. The topological polar surface area (TPSA) is 72.0 Å². The van der Waals surface area contributed by atoms with Gasteiger partial charge in [0, 0.05) is 18.2 Å². The van der Waals surface area contributed by atoms with Crippen molar-refractivity contribution in [2.45, 2.75) is 23.4 Å². The van der Waals surface area contributed by atoms with E-state index in [1.807, 2.05) is 6.92 Å². The lowest BCUT2D eigenvalue weighted by molar-refractivity contribution is -0.114. The fourth-order valence-electron chi connectivity index (χ4n) is 1.57. The lowest BCUT2D eigenvalue weighted by atomic mass is 10.1. The van der Waals surface area contributed by atoms with Crippen LogP contribution in [0.25, 0.3) is 0 Å². The number of carbonyl (C=O) groups is 2. The maximum absolute atomic E-state index is 12.3. The van der Waals surface area contributed by atoms with Gasteiger partial charge in [-0.2, -0.15) is 0 Å². The number of carbonyl (C=O) groups excluding carboxylic acids is 2. The molecule has 0 radical (unpaired) electrons. The Morgan fingerprint density at radius 2 is 2.00 bits per heavy atom. The van der Waals surface area contributed by atoms with Gasteiger partial charge in [-0.25, -0.2) is 0 Å². The Morgan fingerprint density at radius 3 is 2.55 bits per heavy atom. The van der Waals surface area contributed by atoms with Crippen LogP contribution in [-0.2, 0) is 4.79 Å². The predicted molar refractivity (Wildman–Crippen MR) is 80.3 cm³/mol. The van der Waals surface area contributed by atoms with Crippen LogP contribution in [0.15, 0.2) is 34.1 Å². The highest BCUT2D eigenvalue weighted by molar-refractivity contribution is 8.02. The normalized spacial score (nSPS) is 11.9. The molecule has 0 aliphatic heterocycles. The summed E-state index contributed by atoms with van der Waals surface area (Å²) in [5.41, 5.74) is 2.93. The Hall–Kier alpha value is -1.73.